The number of para-hydroxylation sites is 1. The highest BCUT2D eigenvalue weighted by Gasteiger charge is 2.31. The number of rotatable bonds is 6. The molecule has 0 heterocycles. The fourth-order valence-electron chi connectivity index (χ4n) is 2.45. The van der Waals surface area contributed by atoms with Crippen molar-refractivity contribution in [2.75, 3.05) is 5.32 Å². The number of amides is 1. The van der Waals surface area contributed by atoms with Gasteiger partial charge in [0.15, 0.2) is 0 Å². The third-order valence-electron chi connectivity index (χ3n) is 3.71. The van der Waals surface area contributed by atoms with E-state index in [9.17, 15) is 18.0 Å². The van der Waals surface area contributed by atoms with Crippen molar-refractivity contribution in [1.82, 2.24) is 0 Å². The van der Waals surface area contributed by atoms with E-state index in [2.05, 4.69) is 10.1 Å². The third kappa shape index (κ3) is 5.51. The number of alkyl halides is 3. The largest absolute Gasteiger partial charge is 0.573 e. The number of carbonyl (C=O) groups is 1. The predicted molar refractivity (Wildman–Crippen MR) is 98.3 cm³/mol. The van der Waals surface area contributed by atoms with Gasteiger partial charge in [0, 0.05) is 5.69 Å². The molecule has 0 unspecified atom stereocenters. The number of carbonyl (C=O) groups excluding carboxylic acids is 1. The highest BCUT2D eigenvalue weighted by Crippen LogP contribution is 2.25. The summed E-state index contributed by atoms with van der Waals surface area (Å²) in [6.07, 6.45) is -4.76. The Morgan fingerprint density at radius 3 is 2.18 bits per heavy atom. The average Bonchev–Trinajstić information content (AvgIpc) is 2.68. The monoisotopic (exact) mass is 387 g/mol. The van der Waals surface area contributed by atoms with Crippen LogP contribution in [0.5, 0.6) is 11.5 Å². The minimum absolute atomic E-state index is 0.300. The highest BCUT2D eigenvalue weighted by atomic mass is 19.4. The molecule has 0 aliphatic heterocycles. The lowest BCUT2D eigenvalue weighted by Crippen LogP contribution is -2.17. The molecular formula is C21H16F3NO3. The predicted octanol–water partition coefficient (Wildman–Crippen LogP) is 5.42. The van der Waals surface area contributed by atoms with Gasteiger partial charge in [-0.05, 0) is 42.0 Å². The summed E-state index contributed by atoms with van der Waals surface area (Å²) >= 11 is 0. The van der Waals surface area contributed by atoms with E-state index in [1.54, 1.807) is 24.3 Å². The van der Waals surface area contributed by atoms with Gasteiger partial charge < -0.3 is 14.8 Å². The second-order valence-corrected chi connectivity index (χ2v) is 5.80. The smallest absolute Gasteiger partial charge is 0.488 e. The Balaban J connectivity index is 1.67. The normalized spacial score (nSPS) is 11.0. The van der Waals surface area contributed by atoms with Crippen LogP contribution in [0.4, 0.5) is 18.9 Å². The summed E-state index contributed by atoms with van der Waals surface area (Å²) < 4.78 is 46.2. The molecule has 0 saturated heterocycles. The zero-order valence-electron chi connectivity index (χ0n) is 14.6. The fourth-order valence-corrected chi connectivity index (χ4v) is 2.45. The fraction of sp³-hybridized carbons (Fsp3) is 0.0952. The van der Waals surface area contributed by atoms with Gasteiger partial charge in [-0.1, -0.05) is 42.5 Å². The number of hydrogen-bond acceptors (Lipinski definition) is 3. The van der Waals surface area contributed by atoms with E-state index in [1.165, 1.54) is 12.1 Å². The minimum Gasteiger partial charge on any atom is -0.488 e. The molecule has 0 atom stereocenters. The molecule has 7 heteroatoms. The van der Waals surface area contributed by atoms with Gasteiger partial charge in [-0.15, -0.1) is 13.2 Å². The first kappa shape index (κ1) is 19.3. The van der Waals surface area contributed by atoms with Gasteiger partial charge in [-0.3, -0.25) is 4.79 Å². The third-order valence-corrected chi connectivity index (χ3v) is 3.71. The summed E-state index contributed by atoms with van der Waals surface area (Å²) in [5.41, 5.74) is 1.60. The van der Waals surface area contributed by atoms with Crippen molar-refractivity contribution in [3.05, 3.63) is 90.0 Å². The highest BCUT2D eigenvalue weighted by molar-refractivity contribution is 6.06. The SMILES string of the molecule is O=C(Nc1ccc(OC(F)(F)F)cc1)c1ccccc1OCc1ccccc1. The van der Waals surface area contributed by atoms with Crippen LogP contribution in [0, 0.1) is 0 Å². The molecule has 0 aliphatic carbocycles. The van der Waals surface area contributed by atoms with Gasteiger partial charge >= 0.3 is 6.36 Å². The van der Waals surface area contributed by atoms with Gasteiger partial charge in [0.25, 0.3) is 5.91 Å². The van der Waals surface area contributed by atoms with Crippen LogP contribution >= 0.6 is 0 Å². The Morgan fingerprint density at radius 2 is 1.50 bits per heavy atom. The molecule has 0 radical (unpaired) electrons. The van der Waals surface area contributed by atoms with E-state index in [4.69, 9.17) is 4.74 Å². The summed E-state index contributed by atoms with van der Waals surface area (Å²) in [6.45, 7) is 0.300. The second-order valence-electron chi connectivity index (χ2n) is 5.80. The lowest BCUT2D eigenvalue weighted by Gasteiger charge is -2.12. The van der Waals surface area contributed by atoms with Crippen LogP contribution in [0.25, 0.3) is 0 Å². The van der Waals surface area contributed by atoms with Crippen molar-refractivity contribution in [3.63, 3.8) is 0 Å². The molecule has 3 aromatic carbocycles. The molecule has 28 heavy (non-hydrogen) atoms. The molecule has 0 saturated carbocycles. The summed E-state index contributed by atoms with van der Waals surface area (Å²) in [6, 6.07) is 21.1. The van der Waals surface area contributed by atoms with Crippen LogP contribution in [0.15, 0.2) is 78.9 Å². The van der Waals surface area contributed by atoms with E-state index >= 15 is 0 Å². The van der Waals surface area contributed by atoms with Crippen LogP contribution in [0.1, 0.15) is 15.9 Å². The van der Waals surface area contributed by atoms with E-state index in [-0.39, 0.29) is 5.75 Å². The zero-order chi connectivity index (χ0) is 20.0. The quantitative estimate of drug-likeness (QED) is 0.615. The molecule has 0 aliphatic rings. The van der Waals surface area contributed by atoms with Crippen LogP contribution in [0.3, 0.4) is 0 Å². The van der Waals surface area contributed by atoms with Crippen molar-refractivity contribution >= 4 is 11.6 Å². The Bertz CT molecular complexity index is 926. The maximum Gasteiger partial charge on any atom is 0.573 e. The maximum atomic E-state index is 12.6. The van der Waals surface area contributed by atoms with Crippen molar-refractivity contribution in [2.45, 2.75) is 13.0 Å². The molecule has 0 fully saturated rings. The Kier molecular flexibility index (Phi) is 5.84. The molecule has 0 bridgehead atoms. The summed E-state index contributed by atoms with van der Waals surface area (Å²) in [4.78, 5) is 12.6. The van der Waals surface area contributed by atoms with Crippen molar-refractivity contribution < 1.29 is 27.4 Å². The number of hydrogen-bond donors (Lipinski definition) is 1. The zero-order valence-corrected chi connectivity index (χ0v) is 14.6. The number of anilines is 1. The molecule has 3 aromatic rings. The second kappa shape index (κ2) is 8.47. The van der Waals surface area contributed by atoms with Gasteiger partial charge in [0.05, 0.1) is 5.56 Å². The first-order valence-electron chi connectivity index (χ1n) is 8.34. The number of benzene rings is 3. The number of ether oxygens (including phenoxy) is 2. The van der Waals surface area contributed by atoms with Crippen molar-refractivity contribution in [1.29, 1.82) is 0 Å². The molecule has 1 N–H and O–H groups in total. The minimum atomic E-state index is -4.76. The van der Waals surface area contributed by atoms with E-state index < -0.39 is 12.3 Å². The average molecular weight is 387 g/mol. The first-order chi connectivity index (χ1) is 13.4. The summed E-state index contributed by atoms with van der Waals surface area (Å²) in [7, 11) is 0. The van der Waals surface area contributed by atoms with Crippen LogP contribution in [-0.4, -0.2) is 12.3 Å². The van der Waals surface area contributed by atoms with Gasteiger partial charge in [-0.2, -0.15) is 0 Å². The topological polar surface area (TPSA) is 47.6 Å². The number of halogens is 3. The van der Waals surface area contributed by atoms with Gasteiger partial charge in [0.2, 0.25) is 0 Å². The molecular weight excluding hydrogens is 371 g/mol. The van der Waals surface area contributed by atoms with E-state index in [0.29, 0.717) is 23.6 Å². The lowest BCUT2D eigenvalue weighted by atomic mass is 10.1. The molecule has 3 rings (SSSR count). The van der Waals surface area contributed by atoms with Crippen LogP contribution < -0.4 is 14.8 Å². The van der Waals surface area contributed by atoms with Crippen LogP contribution in [0.2, 0.25) is 0 Å². The van der Waals surface area contributed by atoms with Gasteiger partial charge in [0.1, 0.15) is 18.1 Å². The lowest BCUT2D eigenvalue weighted by molar-refractivity contribution is -0.274. The van der Waals surface area contributed by atoms with E-state index in [0.717, 1.165) is 17.7 Å². The van der Waals surface area contributed by atoms with Crippen molar-refractivity contribution in [2.24, 2.45) is 0 Å². The van der Waals surface area contributed by atoms with E-state index in [1.807, 2.05) is 30.3 Å². The molecule has 0 spiro atoms. The summed E-state index contributed by atoms with van der Waals surface area (Å²) in [5.74, 6) is -0.397. The Labute approximate surface area is 159 Å². The Hall–Kier alpha value is -3.48. The van der Waals surface area contributed by atoms with Crippen molar-refractivity contribution in [3.8, 4) is 11.5 Å². The maximum absolute atomic E-state index is 12.6. The Morgan fingerprint density at radius 1 is 0.857 bits per heavy atom. The molecule has 4 nitrogen and oxygen atoms in total. The number of nitrogens with one attached hydrogen (secondary N) is 1. The standard InChI is InChI=1S/C21H16F3NO3/c22-21(23,24)28-17-12-10-16(11-13-17)25-20(26)18-8-4-5-9-19(18)27-14-15-6-2-1-3-7-15/h1-13H,14H2,(H,25,26). The molecule has 1 amide bonds. The van der Waals surface area contributed by atoms with Crippen LogP contribution in [-0.2, 0) is 6.61 Å². The van der Waals surface area contributed by atoms with Gasteiger partial charge in [-0.25, -0.2) is 0 Å². The molecule has 144 valence electrons. The molecule has 0 aromatic heterocycles. The summed E-state index contributed by atoms with van der Waals surface area (Å²) in [5, 5.41) is 2.63. The first-order valence-corrected chi connectivity index (χ1v) is 8.34.